The number of nitrogens with two attached hydrogens (primary N) is 1. The van der Waals surface area contributed by atoms with Crippen LogP contribution in [0.3, 0.4) is 0 Å². The van der Waals surface area contributed by atoms with E-state index >= 15 is 0 Å². The molecule has 7 nitrogen and oxygen atoms in total. The van der Waals surface area contributed by atoms with Crippen molar-refractivity contribution in [3.63, 3.8) is 0 Å². The molecule has 1 aromatic heterocycles. The van der Waals surface area contributed by atoms with E-state index in [1.54, 1.807) is 18.2 Å². The SMILES string of the molecule is Nc1c2c(cc(=O)n1-c1cccc3c1CCCCC3=O)C(=O)NC2=O. The zero-order valence-electron chi connectivity index (χ0n) is 13.3. The summed E-state index contributed by atoms with van der Waals surface area (Å²) < 4.78 is 1.22. The second kappa shape index (κ2) is 5.41. The first-order chi connectivity index (χ1) is 12.0. The van der Waals surface area contributed by atoms with Crippen molar-refractivity contribution in [2.75, 3.05) is 5.73 Å². The molecule has 126 valence electrons. The van der Waals surface area contributed by atoms with Gasteiger partial charge in [-0.2, -0.15) is 0 Å². The van der Waals surface area contributed by atoms with E-state index in [0.717, 1.165) is 24.5 Å². The van der Waals surface area contributed by atoms with E-state index in [1.165, 1.54) is 4.57 Å². The molecule has 1 aromatic carbocycles. The predicted octanol–water partition coefficient (Wildman–Crippen LogP) is 1.21. The highest BCUT2D eigenvalue weighted by molar-refractivity contribution is 6.23. The van der Waals surface area contributed by atoms with E-state index in [-0.39, 0.29) is 22.7 Å². The third-order valence-electron chi connectivity index (χ3n) is 4.73. The molecule has 0 atom stereocenters. The lowest BCUT2D eigenvalue weighted by Crippen LogP contribution is -2.25. The second-order valence-corrected chi connectivity index (χ2v) is 6.21. The number of fused-ring (bicyclic) bond motifs is 2. The van der Waals surface area contributed by atoms with Crippen LogP contribution in [0, 0.1) is 0 Å². The Bertz CT molecular complexity index is 1020. The number of Topliss-reactive ketones (excluding diaryl/α,β-unsaturated/α-hetero) is 1. The molecule has 2 heterocycles. The van der Waals surface area contributed by atoms with E-state index in [2.05, 4.69) is 5.32 Å². The fraction of sp³-hybridized carbons (Fsp3) is 0.222. The van der Waals surface area contributed by atoms with Crippen LogP contribution in [-0.2, 0) is 6.42 Å². The Balaban J connectivity index is 2.02. The number of aromatic nitrogens is 1. The quantitative estimate of drug-likeness (QED) is 0.600. The average molecular weight is 337 g/mol. The fourth-order valence-electron chi connectivity index (χ4n) is 3.56. The van der Waals surface area contributed by atoms with Crippen molar-refractivity contribution in [3.05, 3.63) is 56.9 Å². The zero-order valence-corrected chi connectivity index (χ0v) is 13.3. The summed E-state index contributed by atoms with van der Waals surface area (Å²) in [6, 6.07) is 6.26. The highest BCUT2D eigenvalue weighted by Gasteiger charge is 2.32. The number of carbonyl (C=O) groups is 3. The van der Waals surface area contributed by atoms with Crippen LogP contribution >= 0.6 is 0 Å². The molecule has 25 heavy (non-hydrogen) atoms. The summed E-state index contributed by atoms with van der Waals surface area (Å²) in [6.07, 6.45) is 2.74. The summed E-state index contributed by atoms with van der Waals surface area (Å²) in [7, 11) is 0. The average Bonchev–Trinajstić information content (AvgIpc) is 2.74. The van der Waals surface area contributed by atoms with Gasteiger partial charge in [-0.1, -0.05) is 12.1 Å². The Labute approximate surface area is 142 Å². The molecule has 2 aliphatic rings. The molecule has 7 heteroatoms. The molecule has 0 spiro atoms. The van der Waals surface area contributed by atoms with Gasteiger partial charge in [0.2, 0.25) is 0 Å². The van der Waals surface area contributed by atoms with Gasteiger partial charge in [0.15, 0.2) is 5.78 Å². The lowest BCUT2D eigenvalue weighted by Gasteiger charge is -2.17. The molecule has 1 aliphatic carbocycles. The number of hydrogen-bond donors (Lipinski definition) is 2. The zero-order chi connectivity index (χ0) is 17.7. The summed E-state index contributed by atoms with van der Waals surface area (Å²) in [5.74, 6) is -1.30. The minimum atomic E-state index is -0.627. The predicted molar refractivity (Wildman–Crippen MR) is 90.1 cm³/mol. The first-order valence-corrected chi connectivity index (χ1v) is 8.05. The second-order valence-electron chi connectivity index (χ2n) is 6.21. The third kappa shape index (κ3) is 2.20. The maximum Gasteiger partial charge on any atom is 0.262 e. The standard InChI is InChI=1S/C18H15N3O4/c19-16-15-11(17(24)20-18(15)25)8-14(23)21(16)12-6-3-5-10-9(12)4-1-2-7-13(10)22/h3,5-6,8H,1-2,4,7,19H2,(H,20,24,25). The number of hydrogen-bond acceptors (Lipinski definition) is 5. The lowest BCUT2D eigenvalue weighted by molar-refractivity contribution is 0.0878. The van der Waals surface area contributed by atoms with Gasteiger partial charge in [0.25, 0.3) is 17.4 Å². The molecule has 0 bridgehead atoms. The Morgan fingerprint density at radius 2 is 1.72 bits per heavy atom. The van der Waals surface area contributed by atoms with Gasteiger partial charge in [0, 0.05) is 18.1 Å². The monoisotopic (exact) mass is 337 g/mol. The Morgan fingerprint density at radius 1 is 0.960 bits per heavy atom. The summed E-state index contributed by atoms with van der Waals surface area (Å²) in [6.45, 7) is 0. The number of imide groups is 1. The number of nitrogen functional groups attached to an aromatic ring is 1. The molecule has 3 N–H and O–H groups in total. The van der Waals surface area contributed by atoms with Gasteiger partial charge in [-0.15, -0.1) is 0 Å². The van der Waals surface area contributed by atoms with Crippen molar-refractivity contribution in [3.8, 4) is 5.69 Å². The number of carbonyl (C=O) groups excluding carboxylic acids is 3. The van der Waals surface area contributed by atoms with E-state index in [9.17, 15) is 19.2 Å². The Kier molecular flexibility index (Phi) is 3.31. The maximum atomic E-state index is 12.6. The molecule has 2 aromatic rings. The molecule has 1 aliphatic heterocycles. The van der Waals surface area contributed by atoms with E-state index in [4.69, 9.17) is 5.73 Å². The number of ketones is 1. The smallest absolute Gasteiger partial charge is 0.262 e. The van der Waals surface area contributed by atoms with Gasteiger partial charge in [0.05, 0.1) is 16.8 Å². The Morgan fingerprint density at radius 3 is 2.52 bits per heavy atom. The summed E-state index contributed by atoms with van der Waals surface area (Å²) in [4.78, 5) is 48.7. The molecule has 0 saturated carbocycles. The van der Waals surface area contributed by atoms with Crippen LogP contribution < -0.4 is 16.6 Å². The van der Waals surface area contributed by atoms with Crippen molar-refractivity contribution in [1.29, 1.82) is 0 Å². The van der Waals surface area contributed by atoms with Gasteiger partial charge in [-0.25, -0.2) is 0 Å². The van der Waals surface area contributed by atoms with Crippen molar-refractivity contribution < 1.29 is 14.4 Å². The van der Waals surface area contributed by atoms with Crippen LogP contribution in [0.4, 0.5) is 5.82 Å². The number of amides is 2. The fourth-order valence-corrected chi connectivity index (χ4v) is 3.56. The minimum Gasteiger partial charge on any atom is -0.384 e. The third-order valence-corrected chi connectivity index (χ3v) is 4.73. The van der Waals surface area contributed by atoms with Crippen LogP contribution in [0.1, 0.15) is 55.9 Å². The Hall–Kier alpha value is -3.22. The number of pyridine rings is 1. The highest BCUT2D eigenvalue weighted by atomic mass is 16.2. The van der Waals surface area contributed by atoms with Crippen LogP contribution in [-0.4, -0.2) is 22.2 Å². The first-order valence-electron chi connectivity index (χ1n) is 8.05. The number of nitrogens with one attached hydrogen (secondary N) is 1. The van der Waals surface area contributed by atoms with Crippen LogP contribution in [0.15, 0.2) is 29.1 Å². The van der Waals surface area contributed by atoms with Crippen LogP contribution in [0.2, 0.25) is 0 Å². The van der Waals surface area contributed by atoms with E-state index in [0.29, 0.717) is 24.1 Å². The van der Waals surface area contributed by atoms with Crippen LogP contribution in [0.25, 0.3) is 5.69 Å². The molecular weight excluding hydrogens is 322 g/mol. The number of benzene rings is 1. The summed E-state index contributed by atoms with van der Waals surface area (Å²) >= 11 is 0. The van der Waals surface area contributed by atoms with Gasteiger partial charge in [-0.3, -0.25) is 29.1 Å². The molecule has 2 amide bonds. The van der Waals surface area contributed by atoms with E-state index in [1.807, 2.05) is 0 Å². The molecule has 0 radical (unpaired) electrons. The molecule has 0 unspecified atom stereocenters. The van der Waals surface area contributed by atoms with Crippen LogP contribution in [0.5, 0.6) is 0 Å². The van der Waals surface area contributed by atoms with Gasteiger partial charge >= 0.3 is 0 Å². The molecular formula is C18H15N3O4. The number of anilines is 1. The van der Waals surface area contributed by atoms with Crippen molar-refractivity contribution in [1.82, 2.24) is 9.88 Å². The lowest BCUT2D eigenvalue weighted by atomic mass is 9.99. The summed E-state index contributed by atoms with van der Waals surface area (Å²) in [5.41, 5.74) is 7.40. The highest BCUT2D eigenvalue weighted by Crippen LogP contribution is 2.29. The summed E-state index contributed by atoms with van der Waals surface area (Å²) in [5, 5.41) is 2.14. The van der Waals surface area contributed by atoms with Gasteiger partial charge < -0.3 is 5.73 Å². The molecule has 0 saturated heterocycles. The topological polar surface area (TPSA) is 111 Å². The van der Waals surface area contributed by atoms with Crippen molar-refractivity contribution >= 4 is 23.4 Å². The normalized spacial score (nSPS) is 16.2. The van der Waals surface area contributed by atoms with Gasteiger partial charge in [0.1, 0.15) is 5.82 Å². The first kappa shape index (κ1) is 15.3. The van der Waals surface area contributed by atoms with E-state index < -0.39 is 17.4 Å². The minimum absolute atomic E-state index is 0.00199. The number of nitrogens with zero attached hydrogens (tertiary/aromatic N) is 1. The number of rotatable bonds is 1. The molecule has 0 fully saturated rings. The van der Waals surface area contributed by atoms with Gasteiger partial charge in [-0.05, 0) is 30.9 Å². The van der Waals surface area contributed by atoms with Crippen molar-refractivity contribution in [2.24, 2.45) is 0 Å². The maximum absolute atomic E-state index is 12.6. The van der Waals surface area contributed by atoms with Crippen molar-refractivity contribution in [2.45, 2.75) is 25.7 Å². The molecule has 4 rings (SSSR count). The largest absolute Gasteiger partial charge is 0.384 e.